The highest BCUT2D eigenvalue weighted by atomic mass is 28.3. The van der Waals surface area contributed by atoms with E-state index in [0.29, 0.717) is 31.8 Å². The summed E-state index contributed by atoms with van der Waals surface area (Å²) in [6, 6.07) is 15.4. The van der Waals surface area contributed by atoms with Crippen molar-refractivity contribution in [3.05, 3.63) is 59.7 Å². The molecule has 5 rings (SSSR count). The van der Waals surface area contributed by atoms with Gasteiger partial charge < -0.3 is 24.2 Å². The highest BCUT2D eigenvalue weighted by Crippen LogP contribution is 2.55. The van der Waals surface area contributed by atoms with Crippen LogP contribution in [-0.4, -0.2) is 57.3 Å². The first kappa shape index (κ1) is 28.7. The van der Waals surface area contributed by atoms with E-state index < -0.39 is 31.8 Å². The number of ether oxygens (including phenoxy) is 3. The van der Waals surface area contributed by atoms with Crippen molar-refractivity contribution in [2.24, 2.45) is 17.0 Å². The number of oxime groups is 1. The highest BCUT2D eigenvalue weighted by Gasteiger charge is 2.57. The molecular weight excluding hydrogens is 514 g/mol. The van der Waals surface area contributed by atoms with Crippen LogP contribution >= 0.6 is 0 Å². The molecule has 0 amide bonds. The number of carbonyl (C=O) groups excluding carboxylic acids is 2. The minimum absolute atomic E-state index is 0.0905. The molecule has 0 spiro atoms. The Balaban J connectivity index is 1.58. The normalized spacial score (nSPS) is 22.7. The molecule has 39 heavy (non-hydrogen) atoms. The maximum atomic E-state index is 13.5. The van der Waals surface area contributed by atoms with Crippen LogP contribution in [0.4, 0.5) is 0 Å². The number of esters is 2. The van der Waals surface area contributed by atoms with Gasteiger partial charge in [0.1, 0.15) is 18.1 Å². The predicted molar refractivity (Wildman–Crippen MR) is 151 cm³/mol. The number of fused-ring (bicyclic) bond motifs is 2. The molecule has 0 aromatic heterocycles. The number of hydrogen-bond donors (Lipinski definition) is 1. The summed E-state index contributed by atoms with van der Waals surface area (Å²) >= 11 is 0. The molecule has 1 fully saturated rings. The maximum absolute atomic E-state index is 13.5. The second-order valence-corrected chi connectivity index (χ2v) is 17.0. The van der Waals surface area contributed by atoms with E-state index in [-0.39, 0.29) is 30.9 Å². The summed E-state index contributed by atoms with van der Waals surface area (Å²) in [6.45, 7) is 9.73. The molecule has 4 unspecified atom stereocenters. The second kappa shape index (κ2) is 12.7. The van der Waals surface area contributed by atoms with Crippen molar-refractivity contribution in [2.75, 3.05) is 26.4 Å². The lowest BCUT2D eigenvalue weighted by Gasteiger charge is -2.47. The Kier molecular flexibility index (Phi) is 9.32. The average molecular weight is 554 g/mol. The van der Waals surface area contributed by atoms with Crippen LogP contribution in [0, 0.1) is 11.8 Å². The van der Waals surface area contributed by atoms with E-state index in [9.17, 15) is 14.7 Å². The molecule has 2 aromatic rings. The van der Waals surface area contributed by atoms with Gasteiger partial charge in [-0.1, -0.05) is 56.0 Å². The Morgan fingerprint density at radius 1 is 0.923 bits per heavy atom. The summed E-state index contributed by atoms with van der Waals surface area (Å²) in [6.07, 6.45) is 1.12. The van der Waals surface area contributed by atoms with Gasteiger partial charge in [-0.2, -0.15) is 0 Å². The third kappa shape index (κ3) is 7.01. The van der Waals surface area contributed by atoms with Crippen molar-refractivity contribution in [2.45, 2.75) is 57.3 Å². The van der Waals surface area contributed by atoms with Gasteiger partial charge in [0.15, 0.2) is 6.61 Å². The number of hydrogen-bond acceptors (Lipinski definition) is 8. The molecule has 2 aromatic carbocycles. The van der Waals surface area contributed by atoms with E-state index in [1.807, 2.05) is 43.3 Å². The fraction of sp³-hybridized carbons (Fsp3) is 0.500. The van der Waals surface area contributed by atoms with Crippen molar-refractivity contribution in [3.63, 3.8) is 0 Å². The molecule has 4 atom stereocenters. The highest BCUT2D eigenvalue weighted by molar-refractivity contribution is 6.76. The zero-order chi connectivity index (χ0) is 28.0. The number of nitrogens with zero attached hydrogens (tertiary/aromatic N) is 1. The quantitative estimate of drug-likeness (QED) is 0.160. The number of aromatic hydroxyl groups is 1. The average Bonchev–Trinajstić information content (AvgIpc) is 2.90. The van der Waals surface area contributed by atoms with Crippen LogP contribution in [0.25, 0.3) is 0 Å². The first-order valence-electron chi connectivity index (χ1n) is 13.7. The number of phenolic OH excluding ortho intramolecular Hbond substituents is 1. The van der Waals surface area contributed by atoms with Crippen LogP contribution in [0.5, 0.6) is 11.5 Å². The van der Waals surface area contributed by atoms with E-state index in [0.717, 1.165) is 22.9 Å². The van der Waals surface area contributed by atoms with Gasteiger partial charge in [0.2, 0.25) is 0 Å². The van der Waals surface area contributed by atoms with Crippen molar-refractivity contribution < 1.29 is 33.7 Å². The zero-order valence-corrected chi connectivity index (χ0v) is 24.2. The van der Waals surface area contributed by atoms with Gasteiger partial charge >= 0.3 is 11.9 Å². The smallest absolute Gasteiger partial charge is 0.310 e. The number of benzene rings is 2. The fourth-order valence-corrected chi connectivity index (χ4v) is 6.09. The van der Waals surface area contributed by atoms with Gasteiger partial charge in [0, 0.05) is 19.9 Å². The number of phenols is 1. The van der Waals surface area contributed by atoms with Crippen LogP contribution in [0.3, 0.4) is 0 Å². The van der Waals surface area contributed by atoms with Gasteiger partial charge in [0.05, 0.1) is 30.8 Å². The zero-order valence-electron chi connectivity index (χ0n) is 23.2. The van der Waals surface area contributed by atoms with Gasteiger partial charge in [0.25, 0.3) is 0 Å². The monoisotopic (exact) mass is 553 g/mol. The number of para-hydroxylation sites is 1. The fourth-order valence-electron chi connectivity index (χ4n) is 5.37. The Hall–Kier alpha value is -3.33. The minimum Gasteiger partial charge on any atom is -0.508 e. The first-order valence-corrected chi connectivity index (χ1v) is 17.4. The molecule has 3 aliphatic carbocycles. The van der Waals surface area contributed by atoms with E-state index in [4.69, 9.17) is 19.0 Å². The Morgan fingerprint density at radius 3 is 2.36 bits per heavy atom. The number of rotatable bonds is 12. The van der Waals surface area contributed by atoms with Gasteiger partial charge in [-0.25, -0.2) is 0 Å². The minimum atomic E-state index is -1.41. The summed E-state index contributed by atoms with van der Waals surface area (Å²) in [5, 5.41) is 14.7. The summed E-state index contributed by atoms with van der Waals surface area (Å²) in [5.74, 6) is -2.41. The van der Waals surface area contributed by atoms with Crippen molar-refractivity contribution in [3.8, 4) is 11.5 Å². The first-order chi connectivity index (χ1) is 18.7. The van der Waals surface area contributed by atoms with Crippen LogP contribution in [0.1, 0.15) is 42.7 Å². The summed E-state index contributed by atoms with van der Waals surface area (Å²) < 4.78 is 17.0. The molecule has 0 radical (unpaired) electrons. The van der Waals surface area contributed by atoms with Crippen LogP contribution in [0.15, 0.2) is 53.7 Å². The SMILES string of the molecule is CCCOC(=O)C1C2C(=NOCCOc3ccccc3)CC(c3ccc(O)cc32)C1C(=O)OCC[Si](C)(C)C. The summed E-state index contributed by atoms with van der Waals surface area (Å²) in [7, 11) is -1.41. The Bertz CT molecular complexity index is 1180. The van der Waals surface area contributed by atoms with E-state index in [2.05, 4.69) is 24.8 Å². The van der Waals surface area contributed by atoms with Gasteiger partial charge in [-0.15, -0.1) is 0 Å². The standard InChI is InChI=1S/C30H39NO7Si/c1-5-13-36-30(34)28-26-23-18-20(32)11-12-22(23)24(27(28)29(33)37-16-17-39(2,3)4)19-25(26)31-38-15-14-35-21-9-7-6-8-10-21/h6-12,18,24,26-28,32H,5,13-17,19H2,1-4H3. The van der Waals surface area contributed by atoms with Crippen molar-refractivity contribution >= 4 is 25.7 Å². The van der Waals surface area contributed by atoms with E-state index >= 15 is 0 Å². The van der Waals surface area contributed by atoms with E-state index in [1.54, 1.807) is 12.1 Å². The lowest BCUT2D eigenvalue weighted by molar-refractivity contribution is -0.163. The predicted octanol–water partition coefficient (Wildman–Crippen LogP) is 5.50. The summed E-state index contributed by atoms with van der Waals surface area (Å²) in [4.78, 5) is 32.6. The molecular formula is C30H39NO7Si. The molecule has 1 saturated carbocycles. The maximum Gasteiger partial charge on any atom is 0.310 e. The Labute approximate surface area is 231 Å². The molecule has 0 heterocycles. The third-order valence-electron chi connectivity index (χ3n) is 7.23. The van der Waals surface area contributed by atoms with Crippen LogP contribution < -0.4 is 4.74 Å². The van der Waals surface area contributed by atoms with Crippen molar-refractivity contribution in [1.82, 2.24) is 0 Å². The summed E-state index contributed by atoms with van der Waals surface area (Å²) in [5.41, 5.74) is 2.36. The molecule has 0 saturated heterocycles. The van der Waals surface area contributed by atoms with Crippen molar-refractivity contribution in [1.29, 1.82) is 0 Å². The molecule has 0 aliphatic heterocycles. The lowest BCUT2D eigenvalue weighted by atomic mass is 9.55. The van der Waals surface area contributed by atoms with Crippen LogP contribution in [0.2, 0.25) is 25.7 Å². The molecule has 210 valence electrons. The largest absolute Gasteiger partial charge is 0.508 e. The van der Waals surface area contributed by atoms with Crippen LogP contribution in [-0.2, 0) is 23.9 Å². The molecule has 9 heteroatoms. The second-order valence-electron chi connectivity index (χ2n) is 11.4. The molecule has 2 bridgehead atoms. The third-order valence-corrected chi connectivity index (χ3v) is 8.93. The topological polar surface area (TPSA) is 104 Å². The van der Waals surface area contributed by atoms with Gasteiger partial charge in [-0.3, -0.25) is 9.59 Å². The van der Waals surface area contributed by atoms with E-state index in [1.165, 1.54) is 0 Å². The molecule has 1 N–H and O–H groups in total. The lowest BCUT2D eigenvalue weighted by Crippen LogP contribution is -2.51. The molecule has 3 aliphatic rings. The molecule has 8 nitrogen and oxygen atoms in total. The van der Waals surface area contributed by atoms with Gasteiger partial charge in [-0.05, 0) is 54.3 Å². The number of carbonyl (C=O) groups is 2. The Morgan fingerprint density at radius 2 is 1.64 bits per heavy atom.